The molecule has 2 amide bonds. The lowest BCUT2D eigenvalue weighted by molar-refractivity contribution is -0.148. The standard InChI is InChI=1S/C26H30N2O7/c29-24(28-11-14-34-18(16-28)15-25(30)31)9-12-33-13-10-27-26(32)35-17-23-21-7-3-1-5-19(21)20-6-2-4-8-22(20)23/h1-8,18,23H,9-17H2,(H,27,32)(H,30,31). The molecule has 0 spiro atoms. The Morgan fingerprint density at radius 2 is 1.71 bits per heavy atom. The van der Waals surface area contributed by atoms with Gasteiger partial charge in [0.2, 0.25) is 5.91 Å². The van der Waals surface area contributed by atoms with E-state index in [0.717, 1.165) is 11.1 Å². The SMILES string of the molecule is O=C(O)CC1CN(C(=O)CCOCCNC(=O)OCC2c3ccccc3-c3ccccc32)CCO1. The quantitative estimate of drug-likeness (QED) is 0.501. The number of alkyl carbamates (subject to hydrolysis) is 1. The van der Waals surface area contributed by atoms with Crippen molar-refractivity contribution >= 4 is 18.0 Å². The van der Waals surface area contributed by atoms with Crippen molar-refractivity contribution in [2.45, 2.75) is 24.9 Å². The molecule has 1 saturated heterocycles. The van der Waals surface area contributed by atoms with Gasteiger partial charge in [-0.15, -0.1) is 0 Å². The van der Waals surface area contributed by atoms with Gasteiger partial charge in [-0.05, 0) is 22.3 Å². The number of morpholine rings is 1. The molecule has 1 aliphatic heterocycles. The van der Waals surface area contributed by atoms with E-state index in [9.17, 15) is 14.4 Å². The minimum absolute atomic E-state index is 0.00527. The van der Waals surface area contributed by atoms with E-state index in [0.29, 0.717) is 13.2 Å². The zero-order valence-corrected chi connectivity index (χ0v) is 19.5. The lowest BCUT2D eigenvalue weighted by Gasteiger charge is -2.32. The van der Waals surface area contributed by atoms with Crippen molar-refractivity contribution in [2.24, 2.45) is 0 Å². The molecule has 9 nitrogen and oxygen atoms in total. The molecular formula is C26H30N2O7. The first-order valence-electron chi connectivity index (χ1n) is 11.8. The molecule has 0 saturated carbocycles. The van der Waals surface area contributed by atoms with Crippen molar-refractivity contribution < 1.29 is 33.7 Å². The minimum Gasteiger partial charge on any atom is -0.481 e. The number of rotatable bonds is 10. The smallest absolute Gasteiger partial charge is 0.407 e. The number of benzene rings is 2. The van der Waals surface area contributed by atoms with Crippen molar-refractivity contribution in [3.8, 4) is 11.1 Å². The third-order valence-corrected chi connectivity index (χ3v) is 6.21. The van der Waals surface area contributed by atoms with Crippen molar-refractivity contribution in [2.75, 3.05) is 46.1 Å². The fourth-order valence-corrected chi connectivity index (χ4v) is 4.56. The summed E-state index contributed by atoms with van der Waals surface area (Å²) in [6.45, 7) is 2.02. The molecule has 186 valence electrons. The summed E-state index contributed by atoms with van der Waals surface area (Å²) in [6, 6.07) is 16.3. The Kier molecular flexibility index (Phi) is 8.33. The molecule has 1 unspecified atom stereocenters. The van der Waals surface area contributed by atoms with Gasteiger partial charge in [-0.25, -0.2) is 4.79 Å². The molecule has 4 rings (SSSR count). The first kappa shape index (κ1) is 24.7. The molecule has 1 fully saturated rings. The van der Waals surface area contributed by atoms with E-state index >= 15 is 0 Å². The number of hydrogen-bond acceptors (Lipinski definition) is 6. The van der Waals surface area contributed by atoms with Crippen LogP contribution >= 0.6 is 0 Å². The van der Waals surface area contributed by atoms with Gasteiger partial charge in [0, 0.05) is 25.6 Å². The van der Waals surface area contributed by atoms with Gasteiger partial charge in [0.1, 0.15) is 6.61 Å². The number of carboxylic acids is 1. The van der Waals surface area contributed by atoms with E-state index in [2.05, 4.69) is 29.6 Å². The van der Waals surface area contributed by atoms with E-state index in [1.165, 1.54) is 11.1 Å². The number of amides is 2. The maximum absolute atomic E-state index is 12.3. The summed E-state index contributed by atoms with van der Waals surface area (Å²) < 4.78 is 16.3. The highest BCUT2D eigenvalue weighted by molar-refractivity contribution is 5.79. The van der Waals surface area contributed by atoms with Crippen LogP contribution in [0.15, 0.2) is 48.5 Å². The molecule has 9 heteroatoms. The number of ether oxygens (including phenoxy) is 3. The predicted molar refractivity (Wildman–Crippen MR) is 127 cm³/mol. The maximum atomic E-state index is 12.3. The van der Waals surface area contributed by atoms with Crippen LogP contribution in [0.1, 0.15) is 29.9 Å². The largest absolute Gasteiger partial charge is 0.481 e. The molecule has 1 heterocycles. The molecule has 2 N–H and O–H groups in total. The van der Waals surface area contributed by atoms with Crippen molar-refractivity contribution in [1.82, 2.24) is 10.2 Å². The Morgan fingerprint density at radius 1 is 1.03 bits per heavy atom. The summed E-state index contributed by atoms with van der Waals surface area (Å²) in [4.78, 5) is 36.9. The number of carbonyl (C=O) groups is 3. The number of carbonyl (C=O) groups excluding carboxylic acids is 2. The summed E-state index contributed by atoms with van der Waals surface area (Å²) >= 11 is 0. The topological polar surface area (TPSA) is 114 Å². The van der Waals surface area contributed by atoms with Gasteiger partial charge in [0.25, 0.3) is 0 Å². The molecule has 0 aromatic heterocycles. The predicted octanol–water partition coefficient (Wildman–Crippen LogP) is 2.63. The molecule has 1 aliphatic carbocycles. The first-order valence-corrected chi connectivity index (χ1v) is 11.8. The molecule has 2 aromatic rings. The summed E-state index contributed by atoms with van der Waals surface area (Å²) in [6.07, 6.45) is -0.927. The van der Waals surface area contributed by atoms with Crippen LogP contribution < -0.4 is 5.32 Å². The van der Waals surface area contributed by atoms with Crippen LogP contribution in [0, 0.1) is 0 Å². The molecule has 0 radical (unpaired) electrons. The summed E-state index contributed by atoms with van der Waals surface area (Å²) in [5.74, 6) is -1.05. The van der Waals surface area contributed by atoms with Gasteiger partial charge in [0.15, 0.2) is 0 Å². The number of aliphatic carboxylic acids is 1. The highest BCUT2D eigenvalue weighted by Crippen LogP contribution is 2.44. The van der Waals surface area contributed by atoms with Crippen molar-refractivity contribution in [3.63, 3.8) is 0 Å². The van der Waals surface area contributed by atoms with Crippen LogP contribution in [0.4, 0.5) is 4.79 Å². The Bertz CT molecular complexity index is 1010. The van der Waals surface area contributed by atoms with Crippen LogP contribution in [-0.2, 0) is 23.8 Å². The van der Waals surface area contributed by atoms with Crippen molar-refractivity contribution in [3.05, 3.63) is 59.7 Å². The van der Waals surface area contributed by atoms with Crippen LogP contribution in [0.2, 0.25) is 0 Å². The highest BCUT2D eigenvalue weighted by Gasteiger charge is 2.29. The second kappa shape index (κ2) is 11.8. The Labute approximate surface area is 204 Å². The zero-order chi connectivity index (χ0) is 24.6. The third kappa shape index (κ3) is 6.37. The van der Waals surface area contributed by atoms with E-state index in [1.807, 2.05) is 24.3 Å². The van der Waals surface area contributed by atoms with Crippen molar-refractivity contribution in [1.29, 1.82) is 0 Å². The lowest BCUT2D eigenvalue weighted by atomic mass is 9.98. The Balaban J connectivity index is 1.12. The fraction of sp³-hybridized carbons (Fsp3) is 0.423. The van der Waals surface area contributed by atoms with E-state index in [4.69, 9.17) is 19.3 Å². The number of nitrogens with one attached hydrogen (secondary N) is 1. The second-order valence-corrected chi connectivity index (χ2v) is 8.55. The van der Waals surface area contributed by atoms with Crippen LogP contribution in [0.25, 0.3) is 11.1 Å². The number of carboxylic acid groups (broad SMARTS) is 1. The van der Waals surface area contributed by atoms with Gasteiger partial charge in [-0.2, -0.15) is 0 Å². The van der Waals surface area contributed by atoms with Gasteiger partial charge >= 0.3 is 12.1 Å². The fourth-order valence-electron chi connectivity index (χ4n) is 4.56. The summed E-state index contributed by atoms with van der Waals surface area (Å²) in [5.41, 5.74) is 4.66. The zero-order valence-electron chi connectivity index (χ0n) is 19.5. The summed E-state index contributed by atoms with van der Waals surface area (Å²) in [7, 11) is 0. The second-order valence-electron chi connectivity index (χ2n) is 8.55. The normalized spacial score (nSPS) is 16.9. The van der Waals surface area contributed by atoms with Crippen LogP contribution in [-0.4, -0.2) is 80.1 Å². The monoisotopic (exact) mass is 482 g/mol. The van der Waals surface area contributed by atoms with Gasteiger partial charge < -0.3 is 29.5 Å². The molecular weight excluding hydrogens is 452 g/mol. The molecule has 35 heavy (non-hydrogen) atoms. The first-order chi connectivity index (χ1) is 17.0. The molecule has 0 bridgehead atoms. The highest BCUT2D eigenvalue weighted by atomic mass is 16.5. The van der Waals surface area contributed by atoms with Crippen LogP contribution in [0.3, 0.4) is 0 Å². The molecule has 1 atom stereocenters. The lowest BCUT2D eigenvalue weighted by Crippen LogP contribution is -2.46. The maximum Gasteiger partial charge on any atom is 0.407 e. The van der Waals surface area contributed by atoms with Crippen LogP contribution in [0.5, 0.6) is 0 Å². The number of hydrogen-bond donors (Lipinski definition) is 2. The average Bonchev–Trinajstić information content (AvgIpc) is 3.18. The third-order valence-electron chi connectivity index (χ3n) is 6.21. The summed E-state index contributed by atoms with van der Waals surface area (Å²) in [5, 5.41) is 11.6. The van der Waals surface area contributed by atoms with Gasteiger partial charge in [0.05, 0.1) is 38.8 Å². The number of fused-ring (bicyclic) bond motifs is 3. The number of nitrogens with zero attached hydrogens (tertiary/aromatic N) is 1. The Morgan fingerprint density at radius 3 is 2.40 bits per heavy atom. The Hall–Kier alpha value is -3.43. The average molecular weight is 483 g/mol. The van der Waals surface area contributed by atoms with E-state index < -0.39 is 18.2 Å². The van der Waals surface area contributed by atoms with Gasteiger partial charge in [-0.1, -0.05) is 48.5 Å². The van der Waals surface area contributed by atoms with E-state index in [-0.39, 0.29) is 57.6 Å². The van der Waals surface area contributed by atoms with Gasteiger partial charge in [-0.3, -0.25) is 9.59 Å². The molecule has 2 aromatic carbocycles. The van der Waals surface area contributed by atoms with E-state index in [1.54, 1.807) is 4.90 Å². The molecule has 2 aliphatic rings. The minimum atomic E-state index is -0.948.